The number of nitrogens with one attached hydrogen (secondary N) is 2. The molecule has 0 radical (unpaired) electrons. The molecule has 3 rings (SSSR count). The number of nitrogens with two attached hydrogens (primary N) is 1. The number of carbonyl (C=O) groups is 4. The van der Waals surface area contributed by atoms with Crippen molar-refractivity contribution in [3.8, 4) is 0 Å². The molecule has 3 unspecified atom stereocenters. The SMILES string of the molecule is CC(=O)CC(=O)SCCNC(=O)CCNC(=O)C(O)C(C)(C)COP(=O)([O-])OP(=O)(O)OC[C@H]1O[C@@H](n2cnc3c(N)ncnc32)[C@H](O)[C@@H]1OP(=O)([O-])[O-].O.[Na+].[Na+].[Na+]. The van der Waals surface area contributed by atoms with Crippen LogP contribution in [0.1, 0.15) is 39.8 Å². The first-order valence-electron chi connectivity index (χ1n) is 15.4. The number of phosphoric acid groups is 3. The molecule has 0 saturated carbocycles. The number of ether oxygens (including phenoxy) is 1. The Morgan fingerprint density at radius 3 is 2.31 bits per heavy atom. The van der Waals surface area contributed by atoms with E-state index >= 15 is 0 Å². The minimum absolute atomic E-state index is 0. The number of rotatable bonds is 21. The van der Waals surface area contributed by atoms with Gasteiger partial charge in [0.05, 0.1) is 33.8 Å². The van der Waals surface area contributed by atoms with Crippen LogP contribution in [0.5, 0.6) is 0 Å². The molecule has 2 aromatic heterocycles. The molecule has 2 amide bonds. The number of thioether (sulfide) groups is 1. The average Bonchev–Trinajstić information content (AvgIpc) is 3.60. The minimum atomic E-state index is -5.84. The second-order valence-electron chi connectivity index (χ2n) is 12.1. The number of Topliss-reactive ketones (excluding diaryl/α,β-unsaturated/α-hetero) is 1. The first kappa shape index (κ1) is 60.3. The summed E-state index contributed by atoms with van der Waals surface area (Å²) < 4.78 is 60.8. The molecular weight excluding hydrogens is 896 g/mol. The Labute approximate surface area is 400 Å². The van der Waals surface area contributed by atoms with Crippen LogP contribution >= 0.6 is 35.2 Å². The number of anilines is 1. The smallest absolute Gasteiger partial charge is 0.790 e. The van der Waals surface area contributed by atoms with Crippen LogP contribution in [0.25, 0.3) is 11.2 Å². The third-order valence-corrected chi connectivity index (χ3v) is 11.1. The van der Waals surface area contributed by atoms with Crippen molar-refractivity contribution in [1.82, 2.24) is 30.2 Å². The van der Waals surface area contributed by atoms with Gasteiger partial charge in [0.2, 0.25) is 11.8 Å². The quantitative estimate of drug-likeness (QED) is 0.0293. The molecule has 7 atom stereocenters. The van der Waals surface area contributed by atoms with E-state index in [9.17, 15) is 62.7 Å². The average molecular weight is 936 g/mol. The summed E-state index contributed by atoms with van der Waals surface area (Å²) >= 11 is 0.869. The summed E-state index contributed by atoms with van der Waals surface area (Å²) in [7, 11) is -17.3. The van der Waals surface area contributed by atoms with Gasteiger partial charge in [-0.05, 0) is 6.92 Å². The molecule has 0 aliphatic carbocycles. The zero-order valence-corrected chi connectivity index (χ0v) is 41.6. The van der Waals surface area contributed by atoms with E-state index in [1.165, 1.54) is 20.8 Å². The van der Waals surface area contributed by atoms with Crippen molar-refractivity contribution in [3.05, 3.63) is 12.7 Å². The fourth-order valence-electron chi connectivity index (χ4n) is 4.53. The number of nitrogen functional groups attached to an aromatic ring is 1. The van der Waals surface area contributed by atoms with Crippen LogP contribution in [0, 0.1) is 5.41 Å². The number of aromatic nitrogens is 4. The molecule has 58 heavy (non-hydrogen) atoms. The van der Waals surface area contributed by atoms with E-state index in [2.05, 4.69) is 43.5 Å². The monoisotopic (exact) mass is 935 g/mol. The van der Waals surface area contributed by atoms with Gasteiger partial charge >= 0.3 is 96.5 Å². The Hall–Kier alpha value is 0.190. The standard InChI is InChI=1S/C25H40N7O18P3S.3Na.H2O/c1-13(33)8-16(35)54-7-6-27-15(34)4-5-28-23(38)20(37)25(2,3)10-47-53(44,45)50-52(42,43)46-9-14-19(49-51(39,40)41)18(36)24(48-14)32-12-31-17-21(26)29-11-30-22(17)32;;;;/h11-12,14,18-20,24,36-37H,4-10H2,1-3H3,(H,27,34)(H,28,38)(H,42,43)(H,44,45)(H2,26,29,30)(H2,39,40,41);;;;1H2/q;3*+1;/p-3/t14-,18-,19-,20?,24-;;;;/m1..../s1. The van der Waals surface area contributed by atoms with Crippen LogP contribution in [-0.4, -0.2) is 119 Å². The van der Waals surface area contributed by atoms with Crippen molar-refractivity contribution < 1.29 is 179 Å². The van der Waals surface area contributed by atoms with Crippen molar-refractivity contribution in [2.24, 2.45) is 5.41 Å². The molecule has 1 aliphatic heterocycles. The zero-order chi connectivity index (χ0) is 40.6. The maximum atomic E-state index is 12.6. The second kappa shape index (κ2) is 26.1. The topological polar surface area (TPSA) is 421 Å². The summed E-state index contributed by atoms with van der Waals surface area (Å²) in [4.78, 5) is 104. The third kappa shape index (κ3) is 19.3. The number of hydrogen-bond donors (Lipinski definition) is 6. The number of phosphoric ester groups is 3. The van der Waals surface area contributed by atoms with Gasteiger partial charge in [-0.2, -0.15) is 0 Å². The molecule has 0 aromatic carbocycles. The van der Waals surface area contributed by atoms with Crippen molar-refractivity contribution >= 4 is 74.9 Å². The number of aliphatic hydroxyl groups is 2. The fraction of sp³-hybridized carbons (Fsp3) is 0.640. The van der Waals surface area contributed by atoms with Gasteiger partial charge in [-0.15, -0.1) is 0 Å². The van der Waals surface area contributed by atoms with Crippen LogP contribution in [-0.2, 0) is 55.5 Å². The number of nitrogens with zero attached hydrogens (tertiary/aromatic N) is 4. The molecule has 9 N–H and O–H groups in total. The number of hydrogen-bond acceptors (Lipinski definition) is 22. The molecule has 2 aromatic rings. The number of aliphatic hydroxyl groups excluding tert-OH is 2. The van der Waals surface area contributed by atoms with Gasteiger partial charge in [0, 0.05) is 30.7 Å². The Balaban J connectivity index is 0. The molecule has 0 spiro atoms. The van der Waals surface area contributed by atoms with E-state index in [-0.39, 0.29) is 154 Å². The number of amides is 2. The van der Waals surface area contributed by atoms with E-state index in [0.717, 1.165) is 29.0 Å². The van der Waals surface area contributed by atoms with Crippen LogP contribution < -0.4 is 120 Å². The van der Waals surface area contributed by atoms with Crippen LogP contribution in [0.15, 0.2) is 12.7 Å². The summed E-state index contributed by atoms with van der Waals surface area (Å²) in [5.74, 6) is -1.69. The minimum Gasteiger partial charge on any atom is -0.790 e. The van der Waals surface area contributed by atoms with Crippen LogP contribution in [0.4, 0.5) is 5.82 Å². The molecule has 1 fully saturated rings. The van der Waals surface area contributed by atoms with Gasteiger partial charge in [0.25, 0.3) is 7.82 Å². The first-order chi connectivity index (χ1) is 24.9. The van der Waals surface area contributed by atoms with E-state index < -0.39 is 84.6 Å². The number of fused-ring (bicyclic) bond motifs is 1. The van der Waals surface area contributed by atoms with Crippen LogP contribution in [0.3, 0.4) is 0 Å². The van der Waals surface area contributed by atoms with E-state index in [1.807, 2.05) is 0 Å². The Bertz CT molecular complexity index is 1850. The maximum absolute atomic E-state index is 12.6. The normalized spacial score (nSPS) is 20.4. The van der Waals surface area contributed by atoms with E-state index in [0.29, 0.717) is 0 Å². The zero-order valence-electron chi connectivity index (χ0n) is 32.1. The summed E-state index contributed by atoms with van der Waals surface area (Å²) in [6.07, 6.45) is -7.77. The van der Waals surface area contributed by atoms with Gasteiger partial charge in [-0.3, -0.25) is 32.8 Å². The molecular formula is C25H39N7Na3O19P3S. The summed E-state index contributed by atoms with van der Waals surface area (Å²) in [6, 6.07) is 0. The number of imidazole rings is 1. The van der Waals surface area contributed by atoms with Gasteiger partial charge in [-0.25, -0.2) is 23.8 Å². The Kier molecular flexibility index (Phi) is 27.1. The molecule has 1 saturated heterocycles. The predicted octanol–water partition coefficient (Wildman–Crippen LogP) is -13.1. The predicted molar refractivity (Wildman–Crippen MR) is 179 cm³/mol. The van der Waals surface area contributed by atoms with Gasteiger partial charge < -0.3 is 70.0 Å². The largest absolute Gasteiger partial charge is 1.00 e. The van der Waals surface area contributed by atoms with Crippen LogP contribution in [0.2, 0.25) is 0 Å². The fourth-order valence-corrected chi connectivity index (χ4v) is 8.04. The Morgan fingerprint density at radius 1 is 1.07 bits per heavy atom. The number of ketones is 1. The molecule has 0 bridgehead atoms. The molecule has 312 valence electrons. The number of carbonyl (C=O) groups excluding carboxylic acids is 4. The van der Waals surface area contributed by atoms with Gasteiger partial charge in [0.1, 0.15) is 42.0 Å². The second-order valence-corrected chi connectivity index (χ2v) is 17.4. The van der Waals surface area contributed by atoms with Gasteiger partial charge in [0.15, 0.2) is 22.8 Å². The Morgan fingerprint density at radius 2 is 1.71 bits per heavy atom. The van der Waals surface area contributed by atoms with Crippen molar-refractivity contribution in [2.75, 3.05) is 37.8 Å². The summed E-state index contributed by atoms with van der Waals surface area (Å²) in [5, 5.41) is 25.7. The summed E-state index contributed by atoms with van der Waals surface area (Å²) in [6.45, 7) is 1.31. The molecule has 1 aliphatic rings. The van der Waals surface area contributed by atoms with Crippen molar-refractivity contribution in [3.63, 3.8) is 0 Å². The molecule has 3 heterocycles. The van der Waals surface area contributed by atoms with Crippen molar-refractivity contribution in [1.29, 1.82) is 0 Å². The molecule has 26 nitrogen and oxygen atoms in total. The van der Waals surface area contributed by atoms with Crippen molar-refractivity contribution in [2.45, 2.75) is 64.3 Å². The third-order valence-electron chi connectivity index (χ3n) is 7.14. The maximum Gasteiger partial charge on any atom is 1.00 e. The van der Waals surface area contributed by atoms with E-state index in [1.54, 1.807) is 0 Å². The first-order valence-corrected chi connectivity index (χ1v) is 20.8. The molecule has 33 heteroatoms. The van der Waals surface area contributed by atoms with E-state index in [4.69, 9.17) is 10.5 Å². The summed E-state index contributed by atoms with van der Waals surface area (Å²) in [5.41, 5.74) is 4.08. The van der Waals surface area contributed by atoms with Gasteiger partial charge in [-0.1, -0.05) is 25.6 Å².